The van der Waals surface area contributed by atoms with Crippen LogP contribution < -0.4 is 5.32 Å². The lowest BCUT2D eigenvalue weighted by Gasteiger charge is -2.30. The largest absolute Gasteiger partial charge is 0.481 e. The average molecular weight is 297 g/mol. The van der Waals surface area contributed by atoms with Crippen molar-refractivity contribution in [1.29, 1.82) is 0 Å². The van der Waals surface area contributed by atoms with E-state index in [-0.39, 0.29) is 24.3 Å². The smallest absolute Gasteiger partial charge is 0.397 e. The summed E-state index contributed by atoms with van der Waals surface area (Å²) < 4.78 is 35.9. The molecule has 4 nitrogen and oxygen atoms in total. The molecule has 0 rings (SSSR count). The second-order valence-electron chi connectivity index (χ2n) is 5.93. The Morgan fingerprint density at radius 3 is 2.10 bits per heavy atom. The number of amides is 1. The Balaban J connectivity index is 4.21. The maximum atomic E-state index is 12.0. The number of rotatable bonds is 7. The van der Waals surface area contributed by atoms with E-state index in [0.717, 1.165) is 0 Å². The van der Waals surface area contributed by atoms with Crippen molar-refractivity contribution in [2.45, 2.75) is 52.6 Å². The highest BCUT2D eigenvalue weighted by Crippen LogP contribution is 2.32. The normalized spacial score (nSPS) is 13.9. The zero-order valence-corrected chi connectivity index (χ0v) is 12.0. The van der Waals surface area contributed by atoms with Crippen LogP contribution in [-0.2, 0) is 9.59 Å². The fraction of sp³-hybridized carbons (Fsp3) is 0.846. The molecule has 0 aromatic carbocycles. The molecule has 0 aliphatic heterocycles. The fourth-order valence-corrected chi connectivity index (χ4v) is 1.94. The summed E-state index contributed by atoms with van der Waals surface area (Å²) in [4.78, 5) is 21.6. The molecule has 0 bridgehead atoms. The number of aliphatic carboxylic acids is 1. The minimum Gasteiger partial charge on any atom is -0.481 e. The van der Waals surface area contributed by atoms with Gasteiger partial charge in [0.2, 0.25) is 5.91 Å². The molecule has 20 heavy (non-hydrogen) atoms. The van der Waals surface area contributed by atoms with Gasteiger partial charge in [-0.25, -0.2) is 0 Å². The van der Waals surface area contributed by atoms with Gasteiger partial charge in [-0.15, -0.1) is 0 Å². The molecule has 0 aromatic heterocycles. The van der Waals surface area contributed by atoms with Crippen molar-refractivity contribution in [3.05, 3.63) is 0 Å². The van der Waals surface area contributed by atoms with Gasteiger partial charge in [0.25, 0.3) is 0 Å². The van der Waals surface area contributed by atoms with Gasteiger partial charge in [-0.2, -0.15) is 13.2 Å². The number of alkyl halides is 3. The Morgan fingerprint density at radius 1 is 1.15 bits per heavy atom. The van der Waals surface area contributed by atoms with Crippen molar-refractivity contribution in [2.75, 3.05) is 6.54 Å². The second kappa shape index (κ2) is 7.50. The summed E-state index contributed by atoms with van der Waals surface area (Å²) in [5, 5.41) is 10.9. The number of halogens is 3. The van der Waals surface area contributed by atoms with E-state index in [4.69, 9.17) is 5.11 Å². The molecule has 1 amide bonds. The molecule has 1 unspecified atom stereocenters. The highest BCUT2D eigenvalue weighted by Gasteiger charge is 2.31. The molecule has 0 saturated carbocycles. The van der Waals surface area contributed by atoms with Gasteiger partial charge in [0.05, 0.1) is 0 Å². The van der Waals surface area contributed by atoms with E-state index in [1.165, 1.54) is 0 Å². The van der Waals surface area contributed by atoms with Crippen LogP contribution in [0.2, 0.25) is 0 Å². The molecule has 0 aromatic rings. The summed E-state index contributed by atoms with van der Waals surface area (Å²) in [6, 6.07) is 0. The van der Waals surface area contributed by atoms with E-state index in [1.54, 1.807) is 0 Å². The van der Waals surface area contributed by atoms with Crippen LogP contribution in [0.25, 0.3) is 0 Å². The summed E-state index contributed by atoms with van der Waals surface area (Å²) in [5.41, 5.74) is -0.162. The van der Waals surface area contributed by atoms with Crippen LogP contribution in [0.4, 0.5) is 13.2 Å². The second-order valence-corrected chi connectivity index (χ2v) is 5.93. The highest BCUT2D eigenvalue weighted by atomic mass is 19.4. The molecule has 0 aliphatic rings. The van der Waals surface area contributed by atoms with Gasteiger partial charge in [0, 0.05) is 13.0 Å². The molecular formula is C13H22F3NO3. The summed E-state index contributed by atoms with van der Waals surface area (Å²) in [6.07, 6.45) is -5.08. The summed E-state index contributed by atoms with van der Waals surface area (Å²) in [6.45, 7) is 5.95. The van der Waals surface area contributed by atoms with E-state index in [0.29, 0.717) is 12.8 Å². The average Bonchev–Trinajstić information content (AvgIpc) is 2.17. The highest BCUT2D eigenvalue weighted by molar-refractivity contribution is 5.76. The van der Waals surface area contributed by atoms with E-state index in [9.17, 15) is 22.8 Å². The van der Waals surface area contributed by atoms with Gasteiger partial charge in [0.15, 0.2) is 0 Å². The van der Waals surface area contributed by atoms with E-state index < -0.39 is 24.5 Å². The lowest BCUT2D eigenvalue weighted by Crippen LogP contribution is -2.32. The third-order valence-corrected chi connectivity index (χ3v) is 3.11. The predicted octanol–water partition coefficient (Wildman–Crippen LogP) is 2.97. The number of hydrogen-bond acceptors (Lipinski definition) is 2. The van der Waals surface area contributed by atoms with Crippen molar-refractivity contribution >= 4 is 11.9 Å². The summed E-state index contributed by atoms with van der Waals surface area (Å²) in [5.74, 6) is -1.94. The topological polar surface area (TPSA) is 66.4 Å². The number of carbonyl (C=O) groups excluding carboxylic acids is 1. The third kappa shape index (κ3) is 9.63. The molecule has 0 saturated heterocycles. The number of carbonyl (C=O) groups is 2. The first kappa shape index (κ1) is 18.7. The molecule has 0 heterocycles. The Kier molecular flexibility index (Phi) is 7.02. The zero-order chi connectivity index (χ0) is 16.0. The lowest BCUT2D eigenvalue weighted by molar-refractivity contribution is -0.153. The Morgan fingerprint density at radius 2 is 1.70 bits per heavy atom. The Hall–Kier alpha value is -1.27. The molecule has 1 atom stereocenters. The monoisotopic (exact) mass is 297 g/mol. The number of carboxylic acids is 1. The van der Waals surface area contributed by atoms with Crippen molar-refractivity contribution < 1.29 is 27.9 Å². The van der Waals surface area contributed by atoms with Gasteiger partial charge >= 0.3 is 12.1 Å². The van der Waals surface area contributed by atoms with E-state index in [1.807, 2.05) is 20.8 Å². The number of nitrogens with one attached hydrogen (secondary N) is 1. The van der Waals surface area contributed by atoms with E-state index >= 15 is 0 Å². The first-order valence-electron chi connectivity index (χ1n) is 6.47. The van der Waals surface area contributed by atoms with Gasteiger partial charge < -0.3 is 10.4 Å². The van der Waals surface area contributed by atoms with Crippen molar-refractivity contribution in [1.82, 2.24) is 5.32 Å². The number of hydrogen-bond donors (Lipinski definition) is 2. The molecule has 2 N–H and O–H groups in total. The van der Waals surface area contributed by atoms with Gasteiger partial charge in [0.1, 0.15) is 6.42 Å². The van der Waals surface area contributed by atoms with Crippen LogP contribution in [0, 0.1) is 11.3 Å². The predicted molar refractivity (Wildman–Crippen MR) is 68.1 cm³/mol. The van der Waals surface area contributed by atoms with Crippen LogP contribution in [0.5, 0.6) is 0 Å². The molecule has 7 heteroatoms. The maximum absolute atomic E-state index is 12.0. The van der Waals surface area contributed by atoms with Crippen LogP contribution in [-0.4, -0.2) is 29.7 Å². The van der Waals surface area contributed by atoms with Crippen LogP contribution >= 0.6 is 0 Å². The standard InChI is InChI=1S/C13H22F3NO3/c1-12(2,3)9(4-5-11(19)20)6-7-17-10(18)8-13(14,15)16/h9H,4-8H2,1-3H3,(H,17,18)(H,19,20). The van der Waals surface area contributed by atoms with Crippen LogP contribution in [0.15, 0.2) is 0 Å². The first-order chi connectivity index (χ1) is 8.92. The minimum atomic E-state index is -4.50. The van der Waals surface area contributed by atoms with Crippen molar-refractivity contribution in [3.63, 3.8) is 0 Å². The third-order valence-electron chi connectivity index (χ3n) is 3.11. The van der Waals surface area contributed by atoms with Gasteiger partial charge in [-0.3, -0.25) is 9.59 Å². The quantitative estimate of drug-likeness (QED) is 0.759. The first-order valence-corrected chi connectivity index (χ1v) is 6.47. The summed E-state index contributed by atoms with van der Waals surface area (Å²) >= 11 is 0. The molecule has 0 spiro atoms. The molecule has 0 radical (unpaired) electrons. The number of carboxylic acid groups (broad SMARTS) is 1. The van der Waals surface area contributed by atoms with E-state index in [2.05, 4.69) is 5.32 Å². The minimum absolute atomic E-state index is 0.0123. The fourth-order valence-electron chi connectivity index (χ4n) is 1.94. The molecule has 118 valence electrons. The van der Waals surface area contributed by atoms with Gasteiger partial charge in [-0.1, -0.05) is 20.8 Å². The molecule has 0 fully saturated rings. The summed E-state index contributed by atoms with van der Waals surface area (Å²) in [7, 11) is 0. The Bertz CT molecular complexity index is 335. The SMILES string of the molecule is CC(C)(C)C(CCNC(=O)CC(F)(F)F)CCC(=O)O. The Labute approximate surface area is 116 Å². The molecular weight excluding hydrogens is 275 g/mol. The van der Waals surface area contributed by atoms with Crippen LogP contribution in [0.1, 0.15) is 46.5 Å². The van der Waals surface area contributed by atoms with Crippen molar-refractivity contribution in [3.8, 4) is 0 Å². The maximum Gasteiger partial charge on any atom is 0.397 e. The lowest BCUT2D eigenvalue weighted by atomic mass is 9.76. The van der Waals surface area contributed by atoms with Crippen molar-refractivity contribution in [2.24, 2.45) is 11.3 Å². The molecule has 0 aliphatic carbocycles. The van der Waals surface area contributed by atoms with Gasteiger partial charge in [-0.05, 0) is 24.2 Å². The zero-order valence-electron chi connectivity index (χ0n) is 12.0. The van der Waals surface area contributed by atoms with Crippen LogP contribution in [0.3, 0.4) is 0 Å².